The van der Waals surface area contributed by atoms with Crippen molar-refractivity contribution in [2.24, 2.45) is 17.3 Å². The van der Waals surface area contributed by atoms with E-state index in [1.54, 1.807) is 6.08 Å². The van der Waals surface area contributed by atoms with Crippen molar-refractivity contribution in [3.63, 3.8) is 0 Å². The van der Waals surface area contributed by atoms with E-state index in [4.69, 9.17) is 4.98 Å². The quantitative estimate of drug-likeness (QED) is 0.385. The van der Waals surface area contributed by atoms with Crippen molar-refractivity contribution >= 4 is 20.5 Å². The summed E-state index contributed by atoms with van der Waals surface area (Å²) < 4.78 is 14.5. The predicted octanol–water partition coefficient (Wildman–Crippen LogP) is 6.63. The molecule has 0 bridgehead atoms. The van der Waals surface area contributed by atoms with E-state index in [-0.39, 0.29) is 17.2 Å². The lowest BCUT2D eigenvalue weighted by molar-refractivity contribution is 0.192. The normalized spacial score (nSPS) is 21.2. The zero-order valence-electron chi connectivity index (χ0n) is 17.6. The Hall–Kier alpha value is -1.47. The first-order valence-electron chi connectivity index (χ1n) is 9.91. The fourth-order valence-electron chi connectivity index (χ4n) is 3.91. The van der Waals surface area contributed by atoms with Gasteiger partial charge in [0.2, 0.25) is 0 Å². The topological polar surface area (TPSA) is 16.1 Å². The Morgan fingerprint density at radius 1 is 1.37 bits per heavy atom. The molecule has 0 saturated carbocycles. The zero-order valence-corrected chi connectivity index (χ0v) is 18.7. The number of hydrogen-bond donors (Lipinski definition) is 0. The van der Waals surface area contributed by atoms with Crippen LogP contribution in [-0.2, 0) is 0 Å². The molecule has 1 aliphatic rings. The third-order valence-corrected chi connectivity index (χ3v) is 6.53. The third kappa shape index (κ3) is 4.69. The van der Waals surface area contributed by atoms with E-state index in [0.29, 0.717) is 12.3 Å². The lowest BCUT2D eigenvalue weighted by atomic mass is 9.62. The molecule has 1 aromatic rings. The van der Waals surface area contributed by atoms with Gasteiger partial charge in [0.1, 0.15) is 5.83 Å². The summed E-state index contributed by atoms with van der Waals surface area (Å²) >= 11 is 0. The number of halogens is 1. The minimum Gasteiger partial charge on any atom is -0.376 e. The number of nitrogens with zero attached hydrogens (tertiary/aromatic N) is 2. The molecule has 4 heteroatoms. The average molecular weight is 389 g/mol. The lowest BCUT2D eigenvalue weighted by Gasteiger charge is -2.43. The van der Waals surface area contributed by atoms with Gasteiger partial charge in [0.15, 0.2) is 0 Å². The van der Waals surface area contributed by atoms with Crippen molar-refractivity contribution in [2.75, 3.05) is 19.0 Å². The van der Waals surface area contributed by atoms with Crippen LogP contribution < -0.4 is 4.90 Å². The standard InChI is InChI=1S/C23H34FN2P/c1-7-9-12-23(4,16(3)8-2)19-13-17(24)14-21(27)22(19)20-11-10-18(15-25-20)26(5)6/h9-12,14-16,19H,7-8,13,27H2,1-6H3. The summed E-state index contributed by atoms with van der Waals surface area (Å²) in [5, 5.41) is 0.910. The van der Waals surface area contributed by atoms with Gasteiger partial charge in [0.05, 0.1) is 17.6 Å². The Kier molecular flexibility index (Phi) is 7.40. The van der Waals surface area contributed by atoms with Crippen LogP contribution in [0.4, 0.5) is 10.1 Å². The van der Waals surface area contributed by atoms with Crippen molar-refractivity contribution in [3.05, 3.63) is 53.4 Å². The van der Waals surface area contributed by atoms with Gasteiger partial charge in [-0.1, -0.05) is 46.3 Å². The first-order chi connectivity index (χ1) is 12.7. The maximum absolute atomic E-state index is 14.5. The molecule has 2 nitrogen and oxygen atoms in total. The van der Waals surface area contributed by atoms with Gasteiger partial charge in [-0.2, -0.15) is 0 Å². The van der Waals surface area contributed by atoms with E-state index >= 15 is 0 Å². The monoisotopic (exact) mass is 388 g/mol. The zero-order chi connectivity index (χ0) is 20.2. The van der Waals surface area contributed by atoms with Crippen LogP contribution >= 0.6 is 9.24 Å². The number of aromatic nitrogens is 1. The Morgan fingerprint density at radius 3 is 2.59 bits per heavy atom. The van der Waals surface area contributed by atoms with Crippen molar-refractivity contribution in [1.82, 2.24) is 4.98 Å². The second-order valence-electron chi connectivity index (χ2n) is 8.00. The molecule has 0 N–H and O–H groups in total. The molecular formula is C23H34FN2P. The van der Waals surface area contributed by atoms with Gasteiger partial charge in [-0.3, -0.25) is 4.98 Å². The van der Waals surface area contributed by atoms with Crippen molar-refractivity contribution in [3.8, 4) is 0 Å². The molecule has 0 aliphatic heterocycles. The van der Waals surface area contributed by atoms with Crippen LogP contribution in [0.25, 0.3) is 5.57 Å². The van der Waals surface area contributed by atoms with Gasteiger partial charge >= 0.3 is 0 Å². The SMILES string of the molecule is CCC=CC(C)(C(C)CC)C1CC(F)=CC(P)=C1c1ccc(N(C)C)cn1. The molecule has 1 aliphatic carbocycles. The van der Waals surface area contributed by atoms with Gasteiger partial charge < -0.3 is 4.90 Å². The van der Waals surface area contributed by atoms with Crippen LogP contribution in [0.15, 0.2) is 47.7 Å². The van der Waals surface area contributed by atoms with E-state index in [9.17, 15) is 4.39 Å². The van der Waals surface area contributed by atoms with Gasteiger partial charge in [-0.05, 0) is 46.8 Å². The summed E-state index contributed by atoms with van der Waals surface area (Å²) in [5.74, 6) is 0.452. The molecule has 0 aromatic carbocycles. The highest BCUT2D eigenvalue weighted by Gasteiger charge is 2.41. The first kappa shape index (κ1) is 21.8. The lowest BCUT2D eigenvalue weighted by Crippen LogP contribution is -2.34. The van der Waals surface area contributed by atoms with Crippen LogP contribution in [0.1, 0.15) is 52.7 Å². The second-order valence-corrected chi connectivity index (χ2v) is 8.62. The maximum atomic E-state index is 14.5. The summed E-state index contributed by atoms with van der Waals surface area (Å²) in [6.45, 7) is 8.92. The van der Waals surface area contributed by atoms with Gasteiger partial charge in [0.25, 0.3) is 0 Å². The minimum absolute atomic E-state index is 0.0434. The summed E-state index contributed by atoms with van der Waals surface area (Å²) in [6.07, 6.45) is 10.6. The molecule has 0 radical (unpaired) electrons. The highest BCUT2D eigenvalue weighted by molar-refractivity contribution is 7.23. The summed E-state index contributed by atoms with van der Waals surface area (Å²) in [4.78, 5) is 6.78. The van der Waals surface area contributed by atoms with Crippen molar-refractivity contribution in [1.29, 1.82) is 0 Å². The van der Waals surface area contributed by atoms with Crippen LogP contribution in [0.3, 0.4) is 0 Å². The van der Waals surface area contributed by atoms with E-state index in [1.165, 1.54) is 0 Å². The Morgan fingerprint density at radius 2 is 2.07 bits per heavy atom. The van der Waals surface area contributed by atoms with Crippen LogP contribution in [-0.4, -0.2) is 19.1 Å². The van der Waals surface area contributed by atoms with Crippen LogP contribution in [0.5, 0.6) is 0 Å². The fourth-order valence-corrected chi connectivity index (χ4v) is 4.44. The molecule has 0 fully saturated rings. The Balaban J connectivity index is 2.59. The average Bonchev–Trinajstić information content (AvgIpc) is 2.64. The van der Waals surface area contributed by atoms with Crippen LogP contribution in [0, 0.1) is 17.3 Å². The highest BCUT2D eigenvalue weighted by atomic mass is 31.0. The molecule has 0 spiro atoms. The number of allylic oxidation sites excluding steroid dienone is 6. The molecule has 148 valence electrons. The maximum Gasteiger partial charge on any atom is 0.101 e. The molecular weight excluding hydrogens is 354 g/mol. The highest BCUT2D eigenvalue weighted by Crippen LogP contribution is 2.52. The van der Waals surface area contributed by atoms with Crippen molar-refractivity contribution < 1.29 is 4.39 Å². The van der Waals surface area contributed by atoms with Crippen LogP contribution in [0.2, 0.25) is 0 Å². The summed E-state index contributed by atoms with van der Waals surface area (Å²) in [6, 6.07) is 4.15. The third-order valence-electron chi connectivity index (χ3n) is 6.05. The molecule has 4 unspecified atom stereocenters. The number of pyridine rings is 1. The van der Waals surface area contributed by atoms with Gasteiger partial charge in [-0.15, -0.1) is 9.24 Å². The Bertz CT molecular complexity index is 733. The predicted molar refractivity (Wildman–Crippen MR) is 119 cm³/mol. The molecule has 27 heavy (non-hydrogen) atoms. The number of anilines is 1. The first-order valence-corrected chi connectivity index (χ1v) is 10.5. The van der Waals surface area contributed by atoms with Crippen molar-refractivity contribution in [2.45, 2.75) is 47.0 Å². The molecule has 1 heterocycles. The molecule has 2 rings (SSSR count). The second kappa shape index (κ2) is 9.15. The van der Waals surface area contributed by atoms with E-state index < -0.39 is 0 Å². The van der Waals surface area contributed by atoms with Gasteiger partial charge in [-0.25, -0.2) is 4.39 Å². The van der Waals surface area contributed by atoms with E-state index in [0.717, 1.165) is 35.1 Å². The molecule has 1 aromatic heterocycles. The van der Waals surface area contributed by atoms with E-state index in [1.807, 2.05) is 25.2 Å². The van der Waals surface area contributed by atoms with Gasteiger partial charge in [0, 0.05) is 26.4 Å². The summed E-state index contributed by atoms with van der Waals surface area (Å²) in [7, 11) is 6.75. The fraction of sp³-hybridized carbons (Fsp3) is 0.522. The number of rotatable bonds is 7. The van der Waals surface area contributed by atoms with E-state index in [2.05, 4.69) is 61.2 Å². The largest absolute Gasteiger partial charge is 0.376 e. The molecule has 4 atom stereocenters. The Labute approximate surface area is 166 Å². The summed E-state index contributed by atoms with van der Waals surface area (Å²) in [5.41, 5.74) is 3.03. The smallest absolute Gasteiger partial charge is 0.101 e. The molecule has 0 saturated heterocycles. The molecule has 0 amide bonds. The minimum atomic E-state index is -0.130. The number of hydrogen-bond acceptors (Lipinski definition) is 2.